The predicted octanol–water partition coefficient (Wildman–Crippen LogP) is 2.79. The van der Waals surface area contributed by atoms with Crippen LogP contribution in [0.5, 0.6) is 0 Å². The van der Waals surface area contributed by atoms with E-state index in [-0.39, 0.29) is 5.97 Å². The first-order valence-corrected chi connectivity index (χ1v) is 5.01. The van der Waals surface area contributed by atoms with Gasteiger partial charge in [0.05, 0.1) is 15.0 Å². The molecular weight excluding hydrogens is 298 g/mol. The van der Waals surface area contributed by atoms with Gasteiger partial charge in [-0.05, 0) is 22.6 Å². The normalized spacial score (nSPS) is 9.73. The van der Waals surface area contributed by atoms with E-state index >= 15 is 0 Å². The van der Waals surface area contributed by atoms with E-state index < -0.39 is 0 Å². The average Bonchev–Trinajstić information content (AvgIpc) is 2.30. The SMILES string of the molecule is COC(=O)c1c(Cl)csc1I. The quantitative estimate of drug-likeness (QED) is 0.589. The van der Waals surface area contributed by atoms with Crippen molar-refractivity contribution in [2.45, 2.75) is 0 Å². The molecule has 0 saturated carbocycles. The third kappa shape index (κ3) is 1.86. The Morgan fingerprint density at radius 1 is 1.82 bits per heavy atom. The highest BCUT2D eigenvalue weighted by molar-refractivity contribution is 14.1. The molecule has 1 aromatic heterocycles. The lowest BCUT2D eigenvalue weighted by atomic mass is 10.3. The number of halogens is 2. The van der Waals surface area contributed by atoms with Crippen LogP contribution in [0.1, 0.15) is 10.4 Å². The van der Waals surface area contributed by atoms with E-state index in [1.807, 2.05) is 0 Å². The standard InChI is InChI=1S/C6H4ClIO2S/c1-10-6(9)4-3(7)2-11-5(4)8/h2H,1H3. The van der Waals surface area contributed by atoms with Crippen molar-refractivity contribution in [2.75, 3.05) is 7.11 Å². The van der Waals surface area contributed by atoms with Gasteiger partial charge in [-0.1, -0.05) is 11.6 Å². The number of esters is 1. The number of hydrogen-bond acceptors (Lipinski definition) is 3. The van der Waals surface area contributed by atoms with Gasteiger partial charge in [-0.25, -0.2) is 4.79 Å². The van der Waals surface area contributed by atoms with Crippen LogP contribution < -0.4 is 0 Å². The molecule has 0 unspecified atom stereocenters. The minimum absolute atomic E-state index is 0.374. The monoisotopic (exact) mass is 302 g/mol. The zero-order valence-electron chi connectivity index (χ0n) is 5.56. The maximum atomic E-state index is 11.0. The van der Waals surface area contributed by atoms with E-state index in [9.17, 15) is 4.79 Å². The smallest absolute Gasteiger partial charge is 0.341 e. The van der Waals surface area contributed by atoms with E-state index in [4.69, 9.17) is 11.6 Å². The summed E-state index contributed by atoms with van der Waals surface area (Å²) in [5, 5.41) is 2.18. The topological polar surface area (TPSA) is 26.3 Å². The molecular formula is C6H4ClIO2S. The van der Waals surface area contributed by atoms with Gasteiger partial charge >= 0.3 is 5.97 Å². The molecule has 11 heavy (non-hydrogen) atoms. The van der Waals surface area contributed by atoms with Crippen molar-refractivity contribution < 1.29 is 9.53 Å². The fourth-order valence-corrected chi connectivity index (χ4v) is 2.64. The molecule has 0 aliphatic carbocycles. The van der Waals surface area contributed by atoms with Gasteiger partial charge in [0.2, 0.25) is 0 Å². The Labute approximate surface area is 86.6 Å². The fourth-order valence-electron chi connectivity index (χ4n) is 0.595. The fraction of sp³-hybridized carbons (Fsp3) is 0.167. The highest BCUT2D eigenvalue weighted by atomic mass is 127. The Morgan fingerprint density at radius 3 is 2.82 bits per heavy atom. The van der Waals surface area contributed by atoms with Crippen LogP contribution in [-0.4, -0.2) is 13.1 Å². The molecule has 2 nitrogen and oxygen atoms in total. The second kappa shape index (κ2) is 3.73. The minimum atomic E-state index is -0.374. The molecule has 0 radical (unpaired) electrons. The molecule has 0 spiro atoms. The number of hydrogen-bond donors (Lipinski definition) is 0. The molecule has 1 heterocycles. The summed E-state index contributed by atoms with van der Waals surface area (Å²) in [6, 6.07) is 0. The molecule has 0 bridgehead atoms. The van der Waals surface area contributed by atoms with Crippen molar-refractivity contribution in [2.24, 2.45) is 0 Å². The average molecular weight is 303 g/mol. The first-order chi connectivity index (χ1) is 5.16. The highest BCUT2D eigenvalue weighted by Crippen LogP contribution is 2.28. The summed E-state index contributed by atoms with van der Waals surface area (Å²) in [7, 11) is 1.34. The number of rotatable bonds is 1. The first-order valence-electron chi connectivity index (χ1n) is 2.67. The largest absolute Gasteiger partial charge is 0.465 e. The van der Waals surface area contributed by atoms with Crippen molar-refractivity contribution >= 4 is 51.5 Å². The molecule has 1 rings (SSSR count). The summed E-state index contributed by atoms with van der Waals surface area (Å²) in [6.45, 7) is 0. The summed E-state index contributed by atoms with van der Waals surface area (Å²) in [5.74, 6) is -0.374. The van der Waals surface area contributed by atoms with E-state index in [1.54, 1.807) is 5.38 Å². The van der Waals surface area contributed by atoms with Gasteiger partial charge in [0.25, 0.3) is 0 Å². The predicted molar refractivity (Wildman–Crippen MR) is 53.4 cm³/mol. The summed E-state index contributed by atoms with van der Waals surface area (Å²) >= 11 is 9.21. The van der Waals surface area contributed by atoms with Crippen LogP contribution in [0.2, 0.25) is 5.02 Å². The highest BCUT2D eigenvalue weighted by Gasteiger charge is 2.16. The van der Waals surface area contributed by atoms with Crippen LogP contribution in [0.15, 0.2) is 5.38 Å². The number of carbonyl (C=O) groups is 1. The van der Waals surface area contributed by atoms with Crippen LogP contribution in [-0.2, 0) is 4.74 Å². The molecule has 5 heteroatoms. The van der Waals surface area contributed by atoms with Crippen molar-refractivity contribution in [3.8, 4) is 0 Å². The Balaban J connectivity index is 3.10. The van der Waals surface area contributed by atoms with Crippen molar-refractivity contribution in [1.82, 2.24) is 0 Å². The molecule has 0 fully saturated rings. The van der Waals surface area contributed by atoms with Crippen LogP contribution in [0, 0.1) is 2.88 Å². The summed E-state index contributed by atoms with van der Waals surface area (Å²) in [4.78, 5) is 11.0. The molecule has 0 N–H and O–H groups in total. The van der Waals surface area contributed by atoms with Gasteiger partial charge in [-0.15, -0.1) is 11.3 Å². The zero-order chi connectivity index (χ0) is 8.43. The Hall–Kier alpha value is 0.190. The lowest BCUT2D eigenvalue weighted by Gasteiger charge is -1.95. The van der Waals surface area contributed by atoms with Gasteiger partial charge < -0.3 is 4.74 Å². The van der Waals surface area contributed by atoms with Crippen molar-refractivity contribution in [3.05, 3.63) is 18.9 Å². The lowest BCUT2D eigenvalue weighted by molar-refractivity contribution is 0.0600. The number of methoxy groups -OCH3 is 1. The van der Waals surface area contributed by atoms with Crippen LogP contribution in [0.3, 0.4) is 0 Å². The second-order valence-corrected chi connectivity index (χ2v) is 4.82. The maximum Gasteiger partial charge on any atom is 0.341 e. The lowest BCUT2D eigenvalue weighted by Crippen LogP contribution is -2.01. The van der Waals surface area contributed by atoms with Crippen LogP contribution in [0.25, 0.3) is 0 Å². The Kier molecular flexibility index (Phi) is 3.15. The third-order valence-electron chi connectivity index (χ3n) is 1.09. The van der Waals surface area contributed by atoms with Crippen molar-refractivity contribution in [1.29, 1.82) is 0 Å². The molecule has 0 aromatic carbocycles. The van der Waals surface area contributed by atoms with Gasteiger partial charge in [0, 0.05) is 5.38 Å². The van der Waals surface area contributed by atoms with Gasteiger partial charge in [0.1, 0.15) is 5.56 Å². The van der Waals surface area contributed by atoms with Gasteiger partial charge in [-0.2, -0.15) is 0 Å². The van der Waals surface area contributed by atoms with Gasteiger partial charge in [-0.3, -0.25) is 0 Å². The number of ether oxygens (including phenoxy) is 1. The molecule has 0 aliphatic rings. The van der Waals surface area contributed by atoms with Gasteiger partial charge in [0.15, 0.2) is 0 Å². The summed E-state index contributed by atoms with van der Waals surface area (Å²) in [6.07, 6.45) is 0. The minimum Gasteiger partial charge on any atom is -0.465 e. The molecule has 1 aromatic rings. The molecule has 60 valence electrons. The number of thiophene rings is 1. The summed E-state index contributed by atoms with van der Waals surface area (Å²) < 4.78 is 5.40. The van der Waals surface area contributed by atoms with E-state index in [1.165, 1.54) is 18.4 Å². The zero-order valence-corrected chi connectivity index (χ0v) is 9.29. The van der Waals surface area contributed by atoms with Crippen molar-refractivity contribution in [3.63, 3.8) is 0 Å². The van der Waals surface area contributed by atoms with E-state index in [0.717, 1.165) is 2.88 Å². The van der Waals surface area contributed by atoms with Crippen LogP contribution >= 0.6 is 45.5 Å². The maximum absolute atomic E-state index is 11.0. The van der Waals surface area contributed by atoms with Crippen LogP contribution in [0.4, 0.5) is 0 Å². The molecule has 0 atom stereocenters. The molecule has 0 aliphatic heterocycles. The molecule has 0 saturated heterocycles. The second-order valence-electron chi connectivity index (χ2n) is 1.72. The third-order valence-corrected chi connectivity index (χ3v) is 3.59. The number of carbonyl (C=O) groups excluding carboxylic acids is 1. The first kappa shape index (κ1) is 9.28. The Bertz CT molecular complexity index is 265. The molecule has 0 amide bonds. The summed E-state index contributed by atoms with van der Waals surface area (Å²) in [5.41, 5.74) is 0.472. The Morgan fingerprint density at radius 2 is 2.45 bits per heavy atom. The van der Waals surface area contributed by atoms with E-state index in [0.29, 0.717) is 10.6 Å². The van der Waals surface area contributed by atoms with E-state index in [2.05, 4.69) is 27.3 Å².